The molecule has 23 heavy (non-hydrogen) atoms. The van der Waals surface area contributed by atoms with Gasteiger partial charge in [-0.15, -0.1) is 10.2 Å². The number of aryl methyl sites for hydroxylation is 2. The van der Waals surface area contributed by atoms with Gasteiger partial charge in [0.25, 0.3) is 0 Å². The molecule has 0 aliphatic rings. The van der Waals surface area contributed by atoms with Crippen LogP contribution in [-0.2, 0) is 19.1 Å². The molecule has 13 heteroatoms. The predicted octanol–water partition coefficient (Wildman–Crippen LogP) is 1.85. The second-order valence-corrected chi connectivity index (χ2v) is 4.14. The third kappa shape index (κ3) is 3.96. The van der Waals surface area contributed by atoms with Crippen molar-refractivity contribution in [2.45, 2.75) is 19.1 Å². The molecule has 0 aromatic carbocycles. The van der Waals surface area contributed by atoms with E-state index in [2.05, 4.69) is 35.6 Å². The first kappa shape index (κ1) is 16.3. The summed E-state index contributed by atoms with van der Waals surface area (Å²) in [6, 6.07) is 0. The molecule has 2 heterocycles. The first-order chi connectivity index (χ1) is 11.0. The molecular weight excluding hydrogens is 317 g/mol. The van der Waals surface area contributed by atoms with Crippen LogP contribution in [0.2, 0.25) is 0 Å². The molecule has 0 saturated carbocycles. The van der Waals surface area contributed by atoms with Gasteiger partial charge in [0.2, 0.25) is 5.82 Å². The van der Waals surface area contributed by atoms with Crippen molar-refractivity contribution in [3.05, 3.63) is 30.2 Å². The molecule has 0 amide bonds. The third-order valence-corrected chi connectivity index (χ3v) is 2.64. The fraction of sp³-hybridized carbons (Fsp3) is 0.300. The van der Waals surface area contributed by atoms with Gasteiger partial charge in [-0.05, 0) is 0 Å². The number of hydrogen-bond acceptors (Lipinski definition) is 7. The maximum atomic E-state index is 13.1. The Morgan fingerprint density at radius 3 is 2.43 bits per heavy atom. The van der Waals surface area contributed by atoms with Crippen molar-refractivity contribution in [1.29, 1.82) is 0 Å². The SMILES string of the molecule is NN=Nc1nc(CCn2ccnc2)nc(C(F)(F)F)c1N=NN. The van der Waals surface area contributed by atoms with Gasteiger partial charge in [0.1, 0.15) is 5.82 Å². The van der Waals surface area contributed by atoms with Gasteiger partial charge in [0.15, 0.2) is 11.4 Å². The van der Waals surface area contributed by atoms with Gasteiger partial charge in [-0.25, -0.2) is 15.0 Å². The van der Waals surface area contributed by atoms with Crippen molar-refractivity contribution in [2.24, 2.45) is 32.4 Å². The summed E-state index contributed by atoms with van der Waals surface area (Å²) in [4.78, 5) is 11.2. The Hall–Kier alpha value is -3.12. The van der Waals surface area contributed by atoms with E-state index in [4.69, 9.17) is 11.7 Å². The smallest absolute Gasteiger partial charge is 0.337 e. The van der Waals surface area contributed by atoms with E-state index >= 15 is 0 Å². The number of nitrogens with two attached hydrogens (primary N) is 2. The molecule has 0 atom stereocenters. The van der Waals surface area contributed by atoms with Crippen LogP contribution in [0.4, 0.5) is 24.7 Å². The van der Waals surface area contributed by atoms with E-state index in [-0.39, 0.29) is 12.2 Å². The van der Waals surface area contributed by atoms with Gasteiger partial charge in [-0.3, -0.25) is 0 Å². The molecule has 0 saturated heterocycles. The fourth-order valence-corrected chi connectivity index (χ4v) is 1.72. The first-order valence-corrected chi connectivity index (χ1v) is 6.11. The van der Waals surface area contributed by atoms with E-state index in [0.29, 0.717) is 6.54 Å². The van der Waals surface area contributed by atoms with Crippen LogP contribution in [0, 0.1) is 0 Å². The second-order valence-electron chi connectivity index (χ2n) is 4.14. The van der Waals surface area contributed by atoms with Gasteiger partial charge in [-0.1, -0.05) is 10.4 Å². The monoisotopic (exact) mass is 328 g/mol. The molecule has 2 aromatic rings. The molecule has 10 nitrogen and oxygen atoms in total. The Bertz CT molecular complexity index is 706. The Kier molecular flexibility index (Phi) is 4.78. The number of alkyl halides is 3. The molecule has 2 rings (SSSR count). The van der Waals surface area contributed by atoms with Gasteiger partial charge >= 0.3 is 6.18 Å². The average Bonchev–Trinajstić information content (AvgIpc) is 3.00. The first-order valence-electron chi connectivity index (χ1n) is 6.11. The number of imidazole rings is 1. The van der Waals surface area contributed by atoms with Crippen molar-refractivity contribution in [3.8, 4) is 0 Å². The van der Waals surface area contributed by atoms with Crippen LogP contribution in [0.3, 0.4) is 0 Å². The normalized spacial score (nSPS) is 12.5. The molecule has 0 unspecified atom stereocenters. The molecule has 0 bridgehead atoms. The zero-order valence-electron chi connectivity index (χ0n) is 11.5. The van der Waals surface area contributed by atoms with E-state index in [0.717, 1.165) is 0 Å². The van der Waals surface area contributed by atoms with Crippen LogP contribution < -0.4 is 11.7 Å². The number of nitrogens with zero attached hydrogens (tertiary/aromatic N) is 8. The molecule has 0 fully saturated rings. The second kappa shape index (κ2) is 6.76. The third-order valence-electron chi connectivity index (χ3n) is 2.64. The summed E-state index contributed by atoms with van der Waals surface area (Å²) in [5.41, 5.74) is -2.06. The van der Waals surface area contributed by atoms with Crippen molar-refractivity contribution >= 4 is 11.5 Å². The van der Waals surface area contributed by atoms with E-state index in [1.807, 2.05) is 0 Å². The number of rotatable bonds is 5. The zero-order valence-corrected chi connectivity index (χ0v) is 11.5. The summed E-state index contributed by atoms with van der Waals surface area (Å²) < 4.78 is 41.1. The molecule has 4 N–H and O–H groups in total. The summed E-state index contributed by atoms with van der Waals surface area (Å²) >= 11 is 0. The molecule has 0 aliphatic carbocycles. The highest BCUT2D eigenvalue weighted by Gasteiger charge is 2.38. The number of hydrogen-bond donors (Lipinski definition) is 2. The van der Waals surface area contributed by atoms with Gasteiger partial charge in [-0.2, -0.15) is 13.2 Å². The number of halogens is 3. The molecule has 122 valence electrons. The molecular formula is C10H11F3N10. The summed E-state index contributed by atoms with van der Waals surface area (Å²) in [7, 11) is 0. The van der Waals surface area contributed by atoms with Crippen LogP contribution in [0.25, 0.3) is 0 Å². The van der Waals surface area contributed by atoms with Gasteiger partial charge < -0.3 is 16.3 Å². The lowest BCUT2D eigenvalue weighted by Gasteiger charge is -2.11. The van der Waals surface area contributed by atoms with Crippen molar-refractivity contribution in [2.75, 3.05) is 0 Å². The Morgan fingerprint density at radius 1 is 1.13 bits per heavy atom. The lowest BCUT2D eigenvalue weighted by molar-refractivity contribution is -0.140. The lowest BCUT2D eigenvalue weighted by atomic mass is 10.3. The zero-order chi connectivity index (χ0) is 16.9. The predicted molar refractivity (Wildman–Crippen MR) is 70.4 cm³/mol. The molecule has 0 spiro atoms. The molecule has 2 aromatic heterocycles. The Morgan fingerprint density at radius 2 is 1.87 bits per heavy atom. The van der Waals surface area contributed by atoms with Crippen molar-refractivity contribution in [3.63, 3.8) is 0 Å². The standard InChI is InChI=1S/C10H11F3N10/c11-10(12,13)8-7(19-21-14)9(20-22-15)18-6(17-8)1-3-23-4-2-16-5-23/h2,4-5H,1,3H2,(H2,14,19)(H2,15,17,18,20). The van der Waals surface area contributed by atoms with Crippen molar-refractivity contribution in [1.82, 2.24) is 19.5 Å². The van der Waals surface area contributed by atoms with Gasteiger partial charge in [0.05, 0.1) is 6.33 Å². The average molecular weight is 328 g/mol. The van der Waals surface area contributed by atoms with Crippen LogP contribution >= 0.6 is 0 Å². The summed E-state index contributed by atoms with van der Waals surface area (Å²) in [6.45, 7) is 0.328. The van der Waals surface area contributed by atoms with Crippen LogP contribution in [0.5, 0.6) is 0 Å². The number of aromatic nitrogens is 4. The maximum absolute atomic E-state index is 13.1. The largest absolute Gasteiger partial charge is 0.435 e. The Balaban J connectivity index is 2.45. The minimum atomic E-state index is -4.80. The Labute approximate surface area is 127 Å². The minimum absolute atomic E-state index is 0.104. The van der Waals surface area contributed by atoms with Crippen LogP contribution in [0.1, 0.15) is 11.5 Å². The molecule has 0 aliphatic heterocycles. The van der Waals surface area contributed by atoms with E-state index in [1.54, 1.807) is 17.0 Å². The highest BCUT2D eigenvalue weighted by molar-refractivity contribution is 5.60. The van der Waals surface area contributed by atoms with Crippen LogP contribution in [0.15, 0.2) is 39.4 Å². The summed E-state index contributed by atoms with van der Waals surface area (Å²) in [5.74, 6) is 9.13. The lowest BCUT2D eigenvalue weighted by Crippen LogP contribution is -2.13. The van der Waals surface area contributed by atoms with Crippen molar-refractivity contribution < 1.29 is 13.2 Å². The minimum Gasteiger partial charge on any atom is -0.337 e. The van der Waals surface area contributed by atoms with E-state index < -0.39 is 23.4 Å². The van der Waals surface area contributed by atoms with Crippen LogP contribution in [-0.4, -0.2) is 19.5 Å². The van der Waals surface area contributed by atoms with E-state index in [1.165, 1.54) is 6.33 Å². The van der Waals surface area contributed by atoms with E-state index in [9.17, 15) is 13.2 Å². The topological polar surface area (TPSA) is 145 Å². The molecule has 0 radical (unpaired) electrons. The van der Waals surface area contributed by atoms with Gasteiger partial charge in [0, 0.05) is 25.4 Å². The fourth-order valence-electron chi connectivity index (χ4n) is 1.72. The highest BCUT2D eigenvalue weighted by Crippen LogP contribution is 2.39. The summed E-state index contributed by atoms with van der Waals surface area (Å²) in [6.07, 6.45) is 0.0207. The maximum Gasteiger partial charge on any atom is 0.435 e. The highest BCUT2D eigenvalue weighted by atomic mass is 19.4. The quantitative estimate of drug-likeness (QED) is 0.488. The summed E-state index contributed by atoms with van der Waals surface area (Å²) in [5, 5.41) is 12.3.